The molecule has 68 valence electrons. The van der Waals surface area contributed by atoms with Gasteiger partial charge in [0, 0.05) is 5.56 Å². The van der Waals surface area contributed by atoms with Crippen molar-refractivity contribution in [1.82, 2.24) is 0 Å². The van der Waals surface area contributed by atoms with Crippen LogP contribution in [0.5, 0.6) is 11.5 Å². The summed E-state index contributed by atoms with van der Waals surface area (Å²) in [7, 11) is 1.62. The Morgan fingerprint density at radius 3 is 3.08 bits per heavy atom. The average Bonchev–Trinajstić information content (AvgIpc) is 2.59. The number of rotatable bonds is 1. The lowest BCUT2D eigenvalue weighted by molar-refractivity contribution is 0.389. The van der Waals surface area contributed by atoms with Crippen molar-refractivity contribution in [2.45, 2.75) is 0 Å². The predicted octanol–water partition coefficient (Wildman–Crippen LogP) is 0.750. The normalized spacial score (nSPS) is 16.8. The Labute approximate surface area is 76.0 Å². The fourth-order valence-electron chi connectivity index (χ4n) is 1.32. The molecule has 0 amide bonds. The third-order valence-corrected chi connectivity index (χ3v) is 2.02. The molecule has 0 atom stereocenters. The topological polar surface area (TPSA) is 56.8 Å². The Hall–Kier alpha value is -1.71. The van der Waals surface area contributed by atoms with Crippen molar-refractivity contribution in [3.05, 3.63) is 23.8 Å². The molecule has 2 N–H and O–H groups in total. The van der Waals surface area contributed by atoms with Crippen molar-refractivity contribution < 1.29 is 9.47 Å². The molecule has 0 spiro atoms. The van der Waals surface area contributed by atoms with Crippen molar-refractivity contribution in [3.63, 3.8) is 0 Å². The van der Waals surface area contributed by atoms with E-state index in [1.54, 1.807) is 7.11 Å². The Bertz CT molecular complexity index is 361. The summed E-state index contributed by atoms with van der Waals surface area (Å²) >= 11 is 0. The van der Waals surface area contributed by atoms with Gasteiger partial charge in [-0.2, -0.15) is 5.10 Å². The molecule has 0 aliphatic carbocycles. The standard InChI is InChI=1S/C9H10N2O2/c1-12-6-2-3-9-7(4-6)8(11-10)5-13-9/h2-4H,5,10H2,1H3/b11-8-. The van der Waals surface area contributed by atoms with E-state index in [-0.39, 0.29) is 0 Å². The lowest BCUT2D eigenvalue weighted by atomic mass is 10.1. The molecule has 1 aromatic carbocycles. The second kappa shape index (κ2) is 2.97. The van der Waals surface area contributed by atoms with Gasteiger partial charge in [0.25, 0.3) is 0 Å². The number of methoxy groups -OCH3 is 1. The molecule has 0 radical (unpaired) electrons. The van der Waals surface area contributed by atoms with Gasteiger partial charge in [0.2, 0.25) is 0 Å². The minimum absolute atomic E-state index is 0.443. The van der Waals surface area contributed by atoms with Gasteiger partial charge in [0.1, 0.15) is 23.8 Å². The van der Waals surface area contributed by atoms with Gasteiger partial charge in [-0.25, -0.2) is 0 Å². The molecule has 4 nitrogen and oxygen atoms in total. The van der Waals surface area contributed by atoms with E-state index in [9.17, 15) is 0 Å². The number of fused-ring (bicyclic) bond motifs is 1. The third kappa shape index (κ3) is 1.20. The largest absolute Gasteiger partial charge is 0.497 e. The third-order valence-electron chi connectivity index (χ3n) is 2.02. The van der Waals surface area contributed by atoms with Crippen LogP contribution in [0.4, 0.5) is 0 Å². The van der Waals surface area contributed by atoms with Crippen LogP contribution in [0, 0.1) is 0 Å². The molecule has 1 aliphatic rings. The van der Waals surface area contributed by atoms with E-state index in [4.69, 9.17) is 15.3 Å². The number of benzene rings is 1. The molecule has 0 aromatic heterocycles. The molecule has 0 saturated carbocycles. The lowest BCUT2D eigenvalue weighted by Crippen LogP contribution is -2.05. The van der Waals surface area contributed by atoms with E-state index >= 15 is 0 Å². The fraction of sp³-hybridized carbons (Fsp3) is 0.222. The van der Waals surface area contributed by atoms with Gasteiger partial charge in [-0.3, -0.25) is 0 Å². The number of nitrogens with two attached hydrogens (primary N) is 1. The molecule has 0 fully saturated rings. The van der Waals surface area contributed by atoms with E-state index < -0.39 is 0 Å². The highest BCUT2D eigenvalue weighted by atomic mass is 16.5. The zero-order valence-corrected chi connectivity index (χ0v) is 7.28. The summed E-state index contributed by atoms with van der Waals surface area (Å²) in [5.74, 6) is 6.80. The van der Waals surface area contributed by atoms with E-state index in [2.05, 4.69) is 5.10 Å². The van der Waals surface area contributed by atoms with Crippen molar-refractivity contribution in [2.75, 3.05) is 13.7 Å². The highest BCUT2D eigenvalue weighted by Crippen LogP contribution is 2.28. The first-order valence-electron chi connectivity index (χ1n) is 3.93. The van der Waals surface area contributed by atoms with E-state index in [0.29, 0.717) is 6.61 Å². The van der Waals surface area contributed by atoms with Crippen LogP contribution in [0.3, 0.4) is 0 Å². The van der Waals surface area contributed by atoms with Gasteiger partial charge >= 0.3 is 0 Å². The quantitative estimate of drug-likeness (QED) is 0.510. The van der Waals surface area contributed by atoms with Gasteiger partial charge in [-0.15, -0.1) is 0 Å². The van der Waals surface area contributed by atoms with Gasteiger partial charge < -0.3 is 15.3 Å². The first-order valence-corrected chi connectivity index (χ1v) is 3.93. The number of hydrazone groups is 1. The Morgan fingerprint density at radius 1 is 1.54 bits per heavy atom. The number of nitrogens with zero attached hydrogens (tertiary/aromatic N) is 1. The summed E-state index contributed by atoms with van der Waals surface area (Å²) in [5, 5.41) is 3.64. The van der Waals surface area contributed by atoms with Gasteiger partial charge in [-0.1, -0.05) is 0 Å². The molecule has 0 saturated heterocycles. The molecule has 13 heavy (non-hydrogen) atoms. The lowest BCUT2D eigenvalue weighted by Gasteiger charge is -2.01. The maximum Gasteiger partial charge on any atom is 0.133 e. The summed E-state index contributed by atoms with van der Waals surface area (Å²) < 4.78 is 10.4. The second-order valence-electron chi connectivity index (χ2n) is 2.73. The van der Waals surface area contributed by atoms with E-state index in [0.717, 1.165) is 22.8 Å². The maximum atomic E-state index is 5.34. The molecule has 1 heterocycles. The molecule has 2 rings (SSSR count). The molecule has 4 heteroatoms. The van der Waals surface area contributed by atoms with Crippen LogP contribution in [-0.2, 0) is 0 Å². The molecular weight excluding hydrogens is 168 g/mol. The van der Waals surface area contributed by atoms with Crippen LogP contribution in [0.15, 0.2) is 23.3 Å². The van der Waals surface area contributed by atoms with Gasteiger partial charge in [-0.05, 0) is 18.2 Å². The van der Waals surface area contributed by atoms with E-state index in [1.165, 1.54) is 0 Å². The fourth-order valence-corrected chi connectivity index (χ4v) is 1.32. The first kappa shape index (κ1) is 7.91. The average molecular weight is 178 g/mol. The Balaban J connectivity index is 2.49. The van der Waals surface area contributed by atoms with Gasteiger partial charge in [0.05, 0.1) is 7.11 Å². The van der Waals surface area contributed by atoms with Crippen LogP contribution in [0.25, 0.3) is 0 Å². The summed E-state index contributed by atoms with van der Waals surface area (Å²) in [6, 6.07) is 5.57. The second-order valence-corrected chi connectivity index (χ2v) is 2.73. The van der Waals surface area contributed by atoms with E-state index in [1.807, 2.05) is 18.2 Å². The summed E-state index contributed by atoms with van der Waals surface area (Å²) in [4.78, 5) is 0. The summed E-state index contributed by atoms with van der Waals surface area (Å²) in [6.07, 6.45) is 0. The first-order chi connectivity index (χ1) is 6.35. The van der Waals surface area contributed by atoms with Crippen LogP contribution in [-0.4, -0.2) is 19.4 Å². The molecule has 1 aliphatic heterocycles. The minimum Gasteiger partial charge on any atom is -0.497 e. The van der Waals surface area contributed by atoms with Gasteiger partial charge in [0.15, 0.2) is 0 Å². The zero-order valence-electron chi connectivity index (χ0n) is 7.28. The van der Waals surface area contributed by atoms with Crippen LogP contribution >= 0.6 is 0 Å². The summed E-state index contributed by atoms with van der Waals surface area (Å²) in [5.41, 5.74) is 1.68. The van der Waals surface area contributed by atoms with Crippen molar-refractivity contribution >= 4 is 5.71 Å². The zero-order chi connectivity index (χ0) is 9.26. The van der Waals surface area contributed by atoms with Crippen LogP contribution in [0.2, 0.25) is 0 Å². The monoisotopic (exact) mass is 178 g/mol. The number of hydrogen-bond donors (Lipinski definition) is 1. The van der Waals surface area contributed by atoms with Crippen molar-refractivity contribution in [1.29, 1.82) is 0 Å². The molecular formula is C9H10N2O2. The smallest absolute Gasteiger partial charge is 0.133 e. The van der Waals surface area contributed by atoms with Crippen LogP contribution in [0.1, 0.15) is 5.56 Å². The Kier molecular flexibility index (Phi) is 1.81. The SMILES string of the molecule is COc1ccc2c(c1)/C(=N\N)CO2. The number of hydrogen-bond acceptors (Lipinski definition) is 4. The minimum atomic E-state index is 0.443. The Morgan fingerprint density at radius 2 is 2.38 bits per heavy atom. The van der Waals surface area contributed by atoms with Crippen molar-refractivity contribution in [3.8, 4) is 11.5 Å². The molecule has 1 aromatic rings. The highest BCUT2D eigenvalue weighted by molar-refractivity contribution is 6.06. The van der Waals surface area contributed by atoms with Crippen molar-refractivity contribution in [2.24, 2.45) is 10.9 Å². The maximum absolute atomic E-state index is 5.34. The molecule has 0 unspecified atom stereocenters. The van der Waals surface area contributed by atoms with Crippen LogP contribution < -0.4 is 15.3 Å². The predicted molar refractivity (Wildman–Crippen MR) is 49.2 cm³/mol. The highest BCUT2D eigenvalue weighted by Gasteiger charge is 2.19. The summed E-state index contributed by atoms with van der Waals surface area (Å²) in [6.45, 7) is 0.443. The number of ether oxygens (including phenoxy) is 2. The molecule has 0 bridgehead atoms.